The standard InChI is InChI=1S/C15H13F3N2O2/c1-9-3-5-12(10(2)7-9)20-14(15(16,17)18)11(8-19-20)4-6-13(21)22/h3-8H,1-2H3,(H,21,22)/b6-4+. The van der Waals surface area contributed by atoms with Crippen molar-refractivity contribution in [3.05, 3.63) is 52.9 Å². The van der Waals surface area contributed by atoms with Crippen molar-refractivity contribution in [1.82, 2.24) is 9.78 Å². The zero-order valence-electron chi connectivity index (χ0n) is 11.8. The maximum absolute atomic E-state index is 13.3. The average molecular weight is 310 g/mol. The summed E-state index contributed by atoms with van der Waals surface area (Å²) < 4.78 is 40.8. The Bertz CT molecular complexity index is 746. The second kappa shape index (κ2) is 5.67. The maximum atomic E-state index is 13.3. The first kappa shape index (κ1) is 15.8. The van der Waals surface area contributed by atoms with Gasteiger partial charge < -0.3 is 5.11 Å². The molecule has 0 fully saturated rings. The smallest absolute Gasteiger partial charge is 0.434 e. The quantitative estimate of drug-likeness (QED) is 0.881. The number of carboxylic acids is 1. The van der Waals surface area contributed by atoms with Crippen molar-refractivity contribution in [2.75, 3.05) is 0 Å². The van der Waals surface area contributed by atoms with Gasteiger partial charge in [-0.25, -0.2) is 9.48 Å². The van der Waals surface area contributed by atoms with Gasteiger partial charge in [-0.2, -0.15) is 18.3 Å². The van der Waals surface area contributed by atoms with Crippen molar-refractivity contribution in [2.24, 2.45) is 0 Å². The van der Waals surface area contributed by atoms with E-state index in [1.165, 1.54) is 0 Å². The molecular weight excluding hydrogens is 297 g/mol. The van der Waals surface area contributed by atoms with E-state index in [4.69, 9.17) is 5.11 Å². The molecule has 4 nitrogen and oxygen atoms in total. The lowest BCUT2D eigenvalue weighted by atomic mass is 10.1. The minimum Gasteiger partial charge on any atom is -0.478 e. The van der Waals surface area contributed by atoms with E-state index in [0.717, 1.165) is 22.5 Å². The number of aliphatic carboxylic acids is 1. The number of benzene rings is 1. The molecule has 2 rings (SSSR count). The number of carboxylic acid groups (broad SMARTS) is 1. The van der Waals surface area contributed by atoms with Gasteiger partial charge >= 0.3 is 12.1 Å². The van der Waals surface area contributed by atoms with Crippen LogP contribution in [0.15, 0.2) is 30.5 Å². The van der Waals surface area contributed by atoms with Crippen LogP contribution in [0.2, 0.25) is 0 Å². The van der Waals surface area contributed by atoms with E-state index in [-0.39, 0.29) is 5.56 Å². The van der Waals surface area contributed by atoms with Gasteiger partial charge in [-0.15, -0.1) is 0 Å². The summed E-state index contributed by atoms with van der Waals surface area (Å²) in [5, 5.41) is 12.3. The fraction of sp³-hybridized carbons (Fsp3) is 0.200. The lowest BCUT2D eigenvalue weighted by Crippen LogP contribution is -2.15. The van der Waals surface area contributed by atoms with Crippen LogP contribution in [0.5, 0.6) is 0 Å². The van der Waals surface area contributed by atoms with E-state index in [9.17, 15) is 18.0 Å². The van der Waals surface area contributed by atoms with Crippen molar-refractivity contribution >= 4 is 12.0 Å². The Morgan fingerprint density at radius 2 is 2.00 bits per heavy atom. The van der Waals surface area contributed by atoms with Crippen LogP contribution in [-0.4, -0.2) is 20.9 Å². The van der Waals surface area contributed by atoms with E-state index >= 15 is 0 Å². The van der Waals surface area contributed by atoms with Crippen molar-refractivity contribution in [1.29, 1.82) is 0 Å². The number of nitrogens with zero attached hydrogens (tertiary/aromatic N) is 2. The maximum Gasteiger partial charge on any atom is 0.434 e. The largest absolute Gasteiger partial charge is 0.478 e. The van der Waals surface area contributed by atoms with Crippen LogP contribution in [0.3, 0.4) is 0 Å². The molecule has 0 bridgehead atoms. The topological polar surface area (TPSA) is 55.1 Å². The molecule has 22 heavy (non-hydrogen) atoms. The van der Waals surface area contributed by atoms with Gasteiger partial charge in [0, 0.05) is 11.6 Å². The highest BCUT2D eigenvalue weighted by Crippen LogP contribution is 2.34. The Morgan fingerprint density at radius 1 is 1.32 bits per heavy atom. The van der Waals surface area contributed by atoms with Crippen LogP contribution in [0.4, 0.5) is 13.2 Å². The molecule has 0 spiro atoms. The summed E-state index contributed by atoms with van der Waals surface area (Å²) in [6.07, 6.45) is -2.12. The molecule has 7 heteroatoms. The van der Waals surface area contributed by atoms with Crippen molar-refractivity contribution in [3.8, 4) is 5.69 Å². The monoisotopic (exact) mass is 310 g/mol. The second-order valence-corrected chi connectivity index (χ2v) is 4.82. The number of alkyl halides is 3. The van der Waals surface area contributed by atoms with Gasteiger partial charge in [0.1, 0.15) is 0 Å². The highest BCUT2D eigenvalue weighted by atomic mass is 19.4. The number of hydrogen-bond acceptors (Lipinski definition) is 2. The molecule has 1 aromatic heterocycles. The Hall–Kier alpha value is -2.57. The molecule has 0 radical (unpaired) electrons. The minimum absolute atomic E-state index is 0.296. The Morgan fingerprint density at radius 3 is 2.55 bits per heavy atom. The third kappa shape index (κ3) is 3.19. The normalized spacial score (nSPS) is 12.0. The second-order valence-electron chi connectivity index (χ2n) is 4.82. The van der Waals surface area contributed by atoms with Crippen molar-refractivity contribution < 1.29 is 23.1 Å². The SMILES string of the molecule is Cc1ccc(-n2ncc(/C=C/C(=O)O)c2C(F)(F)F)c(C)c1. The van der Waals surface area contributed by atoms with Gasteiger partial charge in [-0.3, -0.25) is 0 Å². The average Bonchev–Trinajstić information content (AvgIpc) is 2.80. The van der Waals surface area contributed by atoms with Gasteiger partial charge in [0.25, 0.3) is 0 Å². The van der Waals surface area contributed by atoms with Crippen molar-refractivity contribution in [3.63, 3.8) is 0 Å². The highest BCUT2D eigenvalue weighted by Gasteiger charge is 2.38. The Kier molecular flexibility index (Phi) is 4.07. The van der Waals surface area contributed by atoms with Crippen LogP contribution in [0.1, 0.15) is 22.4 Å². The number of rotatable bonds is 3. The number of hydrogen-bond donors (Lipinski definition) is 1. The summed E-state index contributed by atoms with van der Waals surface area (Å²) >= 11 is 0. The minimum atomic E-state index is -4.66. The third-order valence-corrected chi connectivity index (χ3v) is 3.05. The Balaban J connectivity index is 2.64. The lowest BCUT2D eigenvalue weighted by Gasteiger charge is -2.14. The van der Waals surface area contributed by atoms with Crippen LogP contribution in [-0.2, 0) is 11.0 Å². The predicted octanol–water partition coefficient (Wildman–Crippen LogP) is 3.61. The molecule has 1 N–H and O–H groups in total. The van der Waals surface area contributed by atoms with E-state index in [0.29, 0.717) is 17.3 Å². The first-order valence-electron chi connectivity index (χ1n) is 6.34. The third-order valence-electron chi connectivity index (χ3n) is 3.05. The van der Waals surface area contributed by atoms with E-state index in [2.05, 4.69) is 5.10 Å². The molecule has 0 aliphatic carbocycles. The molecule has 0 unspecified atom stereocenters. The molecule has 0 saturated heterocycles. The molecule has 0 aliphatic heterocycles. The van der Waals surface area contributed by atoms with Crippen LogP contribution in [0, 0.1) is 13.8 Å². The number of aromatic nitrogens is 2. The fourth-order valence-electron chi connectivity index (χ4n) is 2.15. The lowest BCUT2D eigenvalue weighted by molar-refractivity contribution is -0.143. The Labute approximate surface area is 124 Å². The molecule has 0 aliphatic rings. The van der Waals surface area contributed by atoms with Crippen LogP contribution < -0.4 is 0 Å². The molecule has 116 valence electrons. The van der Waals surface area contributed by atoms with E-state index in [1.54, 1.807) is 25.1 Å². The van der Waals surface area contributed by atoms with Gasteiger partial charge in [0.05, 0.1) is 11.9 Å². The number of aryl methyl sites for hydroxylation is 2. The number of halogens is 3. The zero-order chi connectivity index (χ0) is 16.5. The molecule has 2 aromatic rings. The molecule has 0 amide bonds. The summed E-state index contributed by atoms with van der Waals surface area (Å²) in [5.74, 6) is -1.33. The predicted molar refractivity (Wildman–Crippen MR) is 74.7 cm³/mol. The molecule has 0 atom stereocenters. The number of carbonyl (C=O) groups is 1. The van der Waals surface area contributed by atoms with E-state index < -0.39 is 17.8 Å². The first-order chi connectivity index (χ1) is 10.2. The van der Waals surface area contributed by atoms with Crippen LogP contribution in [0.25, 0.3) is 11.8 Å². The summed E-state index contributed by atoms with van der Waals surface area (Å²) in [5.41, 5.74) is 0.565. The van der Waals surface area contributed by atoms with Gasteiger partial charge in [0.2, 0.25) is 0 Å². The van der Waals surface area contributed by atoms with Crippen LogP contribution >= 0.6 is 0 Å². The van der Waals surface area contributed by atoms with Gasteiger partial charge in [-0.05, 0) is 31.6 Å². The van der Waals surface area contributed by atoms with Gasteiger partial charge in [0.15, 0.2) is 5.69 Å². The molecule has 1 aromatic carbocycles. The summed E-state index contributed by atoms with van der Waals surface area (Å²) in [4.78, 5) is 10.5. The highest BCUT2D eigenvalue weighted by molar-refractivity contribution is 5.85. The summed E-state index contributed by atoms with van der Waals surface area (Å²) in [6.45, 7) is 3.53. The summed E-state index contributed by atoms with van der Waals surface area (Å²) in [7, 11) is 0. The molecule has 0 saturated carbocycles. The zero-order valence-corrected chi connectivity index (χ0v) is 11.8. The fourth-order valence-corrected chi connectivity index (χ4v) is 2.15. The van der Waals surface area contributed by atoms with E-state index in [1.807, 2.05) is 6.92 Å². The summed E-state index contributed by atoms with van der Waals surface area (Å²) in [6, 6.07) is 5.00. The molecular formula is C15H13F3N2O2. The molecule has 1 heterocycles. The van der Waals surface area contributed by atoms with Gasteiger partial charge in [-0.1, -0.05) is 17.7 Å². The van der Waals surface area contributed by atoms with Crippen molar-refractivity contribution in [2.45, 2.75) is 20.0 Å². The first-order valence-corrected chi connectivity index (χ1v) is 6.34.